The Morgan fingerprint density at radius 2 is 1.87 bits per heavy atom. The Hall–Kier alpha value is -2.51. The SMILES string of the molecule is CC[NH+](CC)CCCN1C(=O)c2oc3ccc(Br)cc3c(=O)c2[C@H]1c1ccccc1F. The van der Waals surface area contributed by atoms with Crippen LogP contribution in [0.5, 0.6) is 0 Å². The van der Waals surface area contributed by atoms with Crippen LogP contribution in [0.2, 0.25) is 0 Å². The van der Waals surface area contributed by atoms with Crippen LogP contribution in [0.25, 0.3) is 11.0 Å². The molecule has 31 heavy (non-hydrogen) atoms. The first-order valence-electron chi connectivity index (χ1n) is 10.6. The van der Waals surface area contributed by atoms with Crippen LogP contribution in [0.3, 0.4) is 0 Å². The lowest BCUT2D eigenvalue weighted by Gasteiger charge is -2.26. The van der Waals surface area contributed by atoms with E-state index in [1.807, 2.05) is 0 Å². The van der Waals surface area contributed by atoms with E-state index < -0.39 is 11.9 Å². The van der Waals surface area contributed by atoms with Gasteiger partial charge in [0.25, 0.3) is 5.91 Å². The van der Waals surface area contributed by atoms with Crippen molar-refractivity contribution in [3.63, 3.8) is 0 Å². The molecule has 1 aliphatic heterocycles. The maximum absolute atomic E-state index is 14.8. The fourth-order valence-corrected chi connectivity index (χ4v) is 4.71. The first-order valence-corrected chi connectivity index (χ1v) is 11.4. The molecule has 3 aromatic rings. The second-order valence-electron chi connectivity index (χ2n) is 7.80. The lowest BCUT2D eigenvalue weighted by atomic mass is 9.98. The molecule has 1 aromatic heterocycles. The maximum atomic E-state index is 14.8. The summed E-state index contributed by atoms with van der Waals surface area (Å²) < 4.78 is 21.5. The van der Waals surface area contributed by atoms with Gasteiger partial charge in [-0.15, -0.1) is 0 Å². The Balaban J connectivity index is 1.82. The van der Waals surface area contributed by atoms with E-state index in [9.17, 15) is 14.0 Å². The minimum atomic E-state index is -0.796. The summed E-state index contributed by atoms with van der Waals surface area (Å²) in [4.78, 5) is 29.8. The highest BCUT2D eigenvalue weighted by molar-refractivity contribution is 9.10. The predicted molar refractivity (Wildman–Crippen MR) is 121 cm³/mol. The molecule has 0 aliphatic carbocycles. The van der Waals surface area contributed by atoms with Gasteiger partial charge in [0.15, 0.2) is 5.43 Å². The average Bonchev–Trinajstić information content (AvgIpc) is 3.04. The summed E-state index contributed by atoms with van der Waals surface area (Å²) in [6.07, 6.45) is 0.751. The van der Waals surface area contributed by atoms with Gasteiger partial charge in [-0.2, -0.15) is 0 Å². The van der Waals surface area contributed by atoms with Crippen LogP contribution >= 0.6 is 15.9 Å². The van der Waals surface area contributed by atoms with Gasteiger partial charge < -0.3 is 14.2 Å². The van der Waals surface area contributed by atoms with Crippen LogP contribution < -0.4 is 10.3 Å². The molecule has 0 fully saturated rings. The molecule has 0 radical (unpaired) electrons. The molecule has 4 rings (SSSR count). The van der Waals surface area contributed by atoms with E-state index in [2.05, 4.69) is 29.8 Å². The Kier molecular flexibility index (Phi) is 6.25. The Morgan fingerprint density at radius 1 is 1.13 bits per heavy atom. The predicted octanol–water partition coefficient (Wildman–Crippen LogP) is 3.55. The van der Waals surface area contributed by atoms with Crippen molar-refractivity contribution in [2.24, 2.45) is 0 Å². The van der Waals surface area contributed by atoms with Crippen molar-refractivity contribution < 1.29 is 18.5 Å². The maximum Gasteiger partial charge on any atom is 0.290 e. The van der Waals surface area contributed by atoms with Crippen LogP contribution in [0.15, 0.2) is 56.1 Å². The van der Waals surface area contributed by atoms with Crippen LogP contribution in [-0.2, 0) is 0 Å². The summed E-state index contributed by atoms with van der Waals surface area (Å²) in [6, 6.07) is 10.6. The van der Waals surface area contributed by atoms with Gasteiger partial charge >= 0.3 is 0 Å². The van der Waals surface area contributed by atoms with E-state index in [0.717, 1.165) is 30.5 Å². The number of fused-ring (bicyclic) bond motifs is 2. The van der Waals surface area contributed by atoms with Crippen molar-refractivity contribution in [1.82, 2.24) is 4.90 Å². The lowest BCUT2D eigenvalue weighted by Crippen LogP contribution is -3.11. The quantitative estimate of drug-likeness (QED) is 0.554. The number of quaternary nitrogens is 1. The Morgan fingerprint density at radius 3 is 2.58 bits per heavy atom. The summed E-state index contributed by atoms with van der Waals surface area (Å²) in [5.41, 5.74) is 0.584. The molecule has 1 amide bonds. The zero-order valence-corrected chi connectivity index (χ0v) is 19.2. The van der Waals surface area contributed by atoms with Crippen molar-refractivity contribution >= 4 is 32.8 Å². The van der Waals surface area contributed by atoms with Crippen LogP contribution in [0.1, 0.15) is 48.0 Å². The fraction of sp³-hybridized carbons (Fsp3) is 0.333. The normalized spacial score (nSPS) is 15.8. The van der Waals surface area contributed by atoms with Gasteiger partial charge in [0.1, 0.15) is 11.4 Å². The van der Waals surface area contributed by atoms with Crippen molar-refractivity contribution in [2.75, 3.05) is 26.2 Å². The highest BCUT2D eigenvalue weighted by Crippen LogP contribution is 2.39. The van der Waals surface area contributed by atoms with E-state index in [1.165, 1.54) is 11.0 Å². The summed E-state index contributed by atoms with van der Waals surface area (Å²) in [5.74, 6) is -0.788. The molecule has 0 unspecified atom stereocenters. The van der Waals surface area contributed by atoms with Crippen molar-refractivity contribution in [3.05, 3.63) is 79.9 Å². The first-order chi connectivity index (χ1) is 15.0. The summed E-state index contributed by atoms with van der Waals surface area (Å²) >= 11 is 3.38. The van der Waals surface area contributed by atoms with Gasteiger partial charge in [-0.3, -0.25) is 9.59 Å². The van der Waals surface area contributed by atoms with E-state index >= 15 is 0 Å². The Labute approximate surface area is 188 Å². The number of hydrogen-bond donors (Lipinski definition) is 1. The van der Waals surface area contributed by atoms with Gasteiger partial charge in [-0.05, 0) is 38.1 Å². The molecule has 162 valence electrons. The third-order valence-electron chi connectivity index (χ3n) is 6.06. The molecule has 0 saturated carbocycles. The zero-order valence-electron chi connectivity index (χ0n) is 17.6. The number of rotatable bonds is 7. The smallest absolute Gasteiger partial charge is 0.290 e. The topological polar surface area (TPSA) is 55.0 Å². The second-order valence-corrected chi connectivity index (χ2v) is 8.71. The summed E-state index contributed by atoms with van der Waals surface area (Å²) in [7, 11) is 0. The standard InChI is InChI=1S/C24H24BrFN2O3/c1-3-27(4-2)12-7-13-28-21(16-8-5-6-9-18(16)26)20-22(29)17-14-15(25)10-11-19(17)31-23(20)24(28)30/h5-6,8-11,14,21H,3-4,7,12-13H2,1-2H3/p+1/t21-/m1/s1. The Bertz CT molecular complexity index is 1190. The van der Waals surface area contributed by atoms with Crippen LogP contribution in [-0.4, -0.2) is 37.0 Å². The number of amides is 1. The number of carbonyl (C=O) groups is 1. The van der Waals surface area contributed by atoms with E-state index in [-0.39, 0.29) is 22.7 Å². The van der Waals surface area contributed by atoms with Gasteiger partial charge in [0.2, 0.25) is 5.76 Å². The number of halogens is 2. The van der Waals surface area contributed by atoms with Crippen molar-refractivity contribution in [2.45, 2.75) is 26.3 Å². The third kappa shape index (κ3) is 3.92. The van der Waals surface area contributed by atoms with Gasteiger partial charge in [0.05, 0.1) is 36.6 Å². The van der Waals surface area contributed by atoms with Gasteiger partial charge in [-0.1, -0.05) is 34.1 Å². The van der Waals surface area contributed by atoms with Gasteiger partial charge in [0, 0.05) is 23.0 Å². The third-order valence-corrected chi connectivity index (χ3v) is 6.55. The van der Waals surface area contributed by atoms with Crippen molar-refractivity contribution in [1.29, 1.82) is 0 Å². The summed E-state index contributed by atoms with van der Waals surface area (Å²) in [6.45, 7) is 7.58. The molecular formula is C24H25BrFN2O3+. The minimum Gasteiger partial charge on any atom is -0.450 e. The molecule has 2 aromatic carbocycles. The minimum absolute atomic E-state index is 0.0169. The molecule has 1 atom stereocenters. The lowest BCUT2D eigenvalue weighted by molar-refractivity contribution is -0.896. The molecule has 0 saturated heterocycles. The monoisotopic (exact) mass is 487 g/mol. The van der Waals surface area contributed by atoms with Crippen LogP contribution in [0.4, 0.5) is 4.39 Å². The molecule has 7 heteroatoms. The average molecular weight is 488 g/mol. The molecule has 0 spiro atoms. The molecule has 1 N–H and O–H groups in total. The molecule has 0 bridgehead atoms. The molecule has 5 nitrogen and oxygen atoms in total. The number of benzene rings is 2. The van der Waals surface area contributed by atoms with Crippen molar-refractivity contribution in [3.8, 4) is 0 Å². The molecule has 2 heterocycles. The highest BCUT2D eigenvalue weighted by Gasteiger charge is 2.43. The van der Waals surface area contributed by atoms with E-state index in [4.69, 9.17) is 4.42 Å². The molecule has 1 aliphatic rings. The van der Waals surface area contributed by atoms with E-state index in [0.29, 0.717) is 23.1 Å². The zero-order chi connectivity index (χ0) is 22.1. The van der Waals surface area contributed by atoms with E-state index in [1.54, 1.807) is 41.3 Å². The first kappa shape index (κ1) is 21.7. The number of nitrogens with one attached hydrogen (secondary N) is 1. The summed E-state index contributed by atoms with van der Waals surface area (Å²) in [5, 5.41) is 0.372. The molecular weight excluding hydrogens is 463 g/mol. The number of hydrogen-bond acceptors (Lipinski definition) is 3. The number of carbonyl (C=O) groups excluding carboxylic acids is 1. The highest BCUT2D eigenvalue weighted by atomic mass is 79.9. The van der Waals surface area contributed by atoms with Gasteiger partial charge in [-0.25, -0.2) is 4.39 Å². The number of nitrogens with zero attached hydrogens (tertiary/aromatic N) is 1. The second kappa shape index (κ2) is 8.93. The fourth-order valence-electron chi connectivity index (χ4n) is 4.35. The largest absolute Gasteiger partial charge is 0.450 e. The van der Waals surface area contributed by atoms with Crippen LogP contribution in [0, 0.1) is 5.82 Å².